The second-order valence-corrected chi connectivity index (χ2v) is 4.53. The van der Waals surface area contributed by atoms with E-state index in [0.29, 0.717) is 11.3 Å². The van der Waals surface area contributed by atoms with Crippen molar-refractivity contribution in [3.8, 4) is 17.0 Å². The van der Waals surface area contributed by atoms with E-state index in [0.717, 1.165) is 12.1 Å². The fourth-order valence-electron chi connectivity index (χ4n) is 2.15. The fraction of sp³-hybridized carbons (Fsp3) is 0.0714. The molecule has 21 heavy (non-hydrogen) atoms. The highest BCUT2D eigenvalue weighted by atomic mass is 19.4. The van der Waals surface area contributed by atoms with Gasteiger partial charge in [-0.25, -0.2) is 4.98 Å². The molecule has 1 aromatic carbocycles. The molecule has 7 heteroatoms. The number of alkyl halides is 3. The van der Waals surface area contributed by atoms with Gasteiger partial charge in [-0.1, -0.05) is 0 Å². The third-order valence-corrected chi connectivity index (χ3v) is 3.12. The maximum absolute atomic E-state index is 12.7. The summed E-state index contributed by atoms with van der Waals surface area (Å²) < 4.78 is 39.6. The minimum Gasteiger partial charge on any atom is -0.508 e. The zero-order valence-electron chi connectivity index (χ0n) is 10.6. The molecule has 2 heterocycles. The Bertz CT molecular complexity index is 807. The van der Waals surface area contributed by atoms with E-state index in [2.05, 4.69) is 4.98 Å². The lowest BCUT2D eigenvalue weighted by atomic mass is 10.1. The molecule has 0 amide bonds. The van der Waals surface area contributed by atoms with Gasteiger partial charge in [-0.15, -0.1) is 0 Å². The number of imidazole rings is 1. The van der Waals surface area contributed by atoms with Gasteiger partial charge in [0.05, 0.1) is 11.3 Å². The molecule has 3 N–H and O–H groups in total. The number of rotatable bonds is 1. The molecule has 0 atom stereocenters. The molecule has 0 aliphatic rings. The lowest BCUT2D eigenvalue weighted by Crippen LogP contribution is -2.05. The number of phenolic OH excluding ortho intramolecular Hbond substituents is 1. The first-order valence-electron chi connectivity index (χ1n) is 6.00. The van der Waals surface area contributed by atoms with E-state index in [4.69, 9.17) is 5.73 Å². The van der Waals surface area contributed by atoms with Crippen LogP contribution in [-0.2, 0) is 6.18 Å². The molecule has 0 aliphatic heterocycles. The van der Waals surface area contributed by atoms with Crippen molar-refractivity contribution in [1.29, 1.82) is 0 Å². The van der Waals surface area contributed by atoms with Crippen LogP contribution in [0, 0.1) is 0 Å². The van der Waals surface area contributed by atoms with E-state index in [9.17, 15) is 18.3 Å². The van der Waals surface area contributed by atoms with Crippen molar-refractivity contribution in [3.63, 3.8) is 0 Å². The highest BCUT2D eigenvalue weighted by Crippen LogP contribution is 2.33. The van der Waals surface area contributed by atoms with Crippen LogP contribution in [0.4, 0.5) is 19.0 Å². The van der Waals surface area contributed by atoms with Crippen LogP contribution in [0.1, 0.15) is 5.56 Å². The zero-order valence-corrected chi connectivity index (χ0v) is 10.6. The number of fused-ring (bicyclic) bond motifs is 1. The normalized spacial score (nSPS) is 12.0. The lowest BCUT2D eigenvalue weighted by molar-refractivity contribution is -0.137. The van der Waals surface area contributed by atoms with Gasteiger partial charge in [0.2, 0.25) is 0 Å². The molecule has 0 unspecified atom stereocenters. The Hall–Kier alpha value is -2.70. The van der Waals surface area contributed by atoms with Crippen LogP contribution < -0.4 is 5.73 Å². The number of nitrogen functional groups attached to an aromatic ring is 1. The Balaban J connectivity index is 2.20. The third kappa shape index (κ3) is 2.26. The molecular weight excluding hydrogens is 283 g/mol. The number of benzene rings is 1. The molecule has 0 radical (unpaired) electrons. The quantitative estimate of drug-likeness (QED) is 0.723. The van der Waals surface area contributed by atoms with E-state index in [1.165, 1.54) is 22.7 Å². The van der Waals surface area contributed by atoms with Crippen molar-refractivity contribution < 1.29 is 18.3 Å². The van der Waals surface area contributed by atoms with Crippen LogP contribution in [-0.4, -0.2) is 14.5 Å². The van der Waals surface area contributed by atoms with E-state index < -0.39 is 11.7 Å². The maximum Gasteiger partial charge on any atom is 0.416 e. The van der Waals surface area contributed by atoms with E-state index in [1.54, 1.807) is 12.1 Å². The Morgan fingerprint density at radius 2 is 1.76 bits per heavy atom. The summed E-state index contributed by atoms with van der Waals surface area (Å²) in [5.74, 6) is 0.213. The summed E-state index contributed by atoms with van der Waals surface area (Å²) in [7, 11) is 0. The number of nitrogens with two attached hydrogens (primary N) is 1. The van der Waals surface area contributed by atoms with Crippen LogP contribution >= 0.6 is 0 Å². The topological polar surface area (TPSA) is 63.5 Å². The standard InChI is InChI=1S/C14H10F3N3O/c15-14(16,17)9-5-6-20-11(7-9)19-13(18)12(20)8-1-3-10(21)4-2-8/h1-7,21H,18H2. The van der Waals surface area contributed by atoms with Crippen molar-refractivity contribution in [3.05, 3.63) is 48.2 Å². The molecule has 3 rings (SSSR count). The lowest BCUT2D eigenvalue weighted by Gasteiger charge is -2.07. The molecule has 0 aliphatic carbocycles. The molecule has 0 fully saturated rings. The molecule has 0 spiro atoms. The average Bonchev–Trinajstić information content (AvgIpc) is 2.74. The van der Waals surface area contributed by atoms with E-state index >= 15 is 0 Å². The van der Waals surface area contributed by atoms with Gasteiger partial charge in [0.1, 0.15) is 11.4 Å². The zero-order chi connectivity index (χ0) is 15.2. The van der Waals surface area contributed by atoms with Crippen LogP contribution in [0.2, 0.25) is 0 Å². The molecule has 3 aromatic rings. The number of hydrogen-bond donors (Lipinski definition) is 2. The summed E-state index contributed by atoms with van der Waals surface area (Å²) >= 11 is 0. The first kappa shape index (κ1) is 13.3. The third-order valence-electron chi connectivity index (χ3n) is 3.12. The minimum absolute atomic E-state index is 0.0884. The van der Waals surface area contributed by atoms with Gasteiger partial charge in [-0.3, -0.25) is 4.40 Å². The van der Waals surface area contributed by atoms with Crippen molar-refractivity contribution >= 4 is 11.5 Å². The summed E-state index contributed by atoms with van der Waals surface area (Å²) in [5.41, 5.74) is 6.28. The van der Waals surface area contributed by atoms with E-state index in [-0.39, 0.29) is 17.2 Å². The summed E-state index contributed by atoms with van der Waals surface area (Å²) in [6.07, 6.45) is -3.15. The molecule has 0 saturated heterocycles. The number of hydrogen-bond acceptors (Lipinski definition) is 3. The number of halogens is 3. The van der Waals surface area contributed by atoms with Crippen LogP contribution in [0.15, 0.2) is 42.6 Å². The Morgan fingerprint density at radius 1 is 1.10 bits per heavy atom. The van der Waals surface area contributed by atoms with Crippen molar-refractivity contribution in [2.45, 2.75) is 6.18 Å². The maximum atomic E-state index is 12.7. The molecule has 108 valence electrons. The Kier molecular flexibility index (Phi) is 2.79. The smallest absolute Gasteiger partial charge is 0.416 e. The molecule has 4 nitrogen and oxygen atoms in total. The van der Waals surface area contributed by atoms with Crippen molar-refractivity contribution in [2.75, 3.05) is 5.73 Å². The number of pyridine rings is 1. The van der Waals surface area contributed by atoms with Gasteiger partial charge in [0, 0.05) is 11.8 Å². The number of phenols is 1. The van der Waals surface area contributed by atoms with Crippen LogP contribution in [0.25, 0.3) is 16.9 Å². The highest BCUT2D eigenvalue weighted by Gasteiger charge is 2.31. The van der Waals surface area contributed by atoms with Crippen molar-refractivity contribution in [2.24, 2.45) is 0 Å². The SMILES string of the molecule is Nc1nc2cc(C(F)(F)F)ccn2c1-c1ccc(O)cc1. The molecule has 0 saturated carbocycles. The second-order valence-electron chi connectivity index (χ2n) is 4.53. The summed E-state index contributed by atoms with van der Waals surface area (Å²) in [5, 5.41) is 9.28. The van der Waals surface area contributed by atoms with Gasteiger partial charge >= 0.3 is 6.18 Å². The summed E-state index contributed by atoms with van der Waals surface area (Å²) in [6.45, 7) is 0. The minimum atomic E-state index is -4.43. The first-order valence-corrected chi connectivity index (χ1v) is 6.00. The van der Waals surface area contributed by atoms with Gasteiger partial charge in [-0.05, 0) is 36.4 Å². The monoisotopic (exact) mass is 293 g/mol. The van der Waals surface area contributed by atoms with Crippen molar-refractivity contribution in [1.82, 2.24) is 9.38 Å². The Labute approximate surface area is 117 Å². The molecular formula is C14H10F3N3O. The number of anilines is 1. The van der Waals surface area contributed by atoms with Gasteiger partial charge in [0.15, 0.2) is 5.82 Å². The van der Waals surface area contributed by atoms with Gasteiger partial charge in [-0.2, -0.15) is 13.2 Å². The number of nitrogens with zero attached hydrogens (tertiary/aromatic N) is 2. The summed E-state index contributed by atoms with van der Waals surface area (Å²) in [6, 6.07) is 8.09. The predicted octanol–water partition coefficient (Wildman–Crippen LogP) is 3.31. The molecule has 0 bridgehead atoms. The van der Waals surface area contributed by atoms with E-state index in [1.807, 2.05) is 0 Å². The predicted molar refractivity (Wildman–Crippen MR) is 71.7 cm³/mol. The largest absolute Gasteiger partial charge is 0.508 e. The highest BCUT2D eigenvalue weighted by molar-refractivity contribution is 5.75. The van der Waals surface area contributed by atoms with Crippen LogP contribution in [0.3, 0.4) is 0 Å². The second kappa shape index (κ2) is 4.41. The average molecular weight is 293 g/mol. The van der Waals surface area contributed by atoms with Crippen LogP contribution in [0.5, 0.6) is 5.75 Å². The van der Waals surface area contributed by atoms with Gasteiger partial charge in [0.25, 0.3) is 0 Å². The van der Waals surface area contributed by atoms with Gasteiger partial charge < -0.3 is 10.8 Å². The number of aromatic hydroxyl groups is 1. The summed E-state index contributed by atoms with van der Waals surface area (Å²) in [4.78, 5) is 3.96. The first-order chi connectivity index (χ1) is 9.86. The fourth-order valence-corrected chi connectivity index (χ4v) is 2.15. The molecule has 2 aromatic heterocycles. The Morgan fingerprint density at radius 3 is 2.38 bits per heavy atom. The number of aromatic nitrogens is 2.